The van der Waals surface area contributed by atoms with Crippen molar-refractivity contribution >= 4 is 86.3 Å². The molecule has 1 aromatic heterocycles. The molecule has 0 saturated carbocycles. The van der Waals surface area contributed by atoms with Gasteiger partial charge in [-0.05, 0) is 128 Å². The molecule has 0 saturated heterocycles. The third kappa shape index (κ3) is 4.52. The Kier molecular flexibility index (Phi) is 6.70. The van der Waals surface area contributed by atoms with E-state index in [1.165, 1.54) is 109 Å². The van der Waals surface area contributed by atoms with Crippen molar-refractivity contribution in [1.29, 1.82) is 0 Å². The molecule has 0 aliphatic heterocycles. The van der Waals surface area contributed by atoms with E-state index in [2.05, 4.69) is 188 Å². The summed E-state index contributed by atoms with van der Waals surface area (Å²) < 4.78 is 0. The molecule has 0 radical (unpaired) electrons. The van der Waals surface area contributed by atoms with Crippen LogP contribution in [0.1, 0.15) is 0 Å². The van der Waals surface area contributed by atoms with Crippen molar-refractivity contribution in [3.63, 3.8) is 0 Å². The van der Waals surface area contributed by atoms with E-state index >= 15 is 0 Å². The maximum atomic E-state index is 4.93. The molecule has 12 rings (SSSR count). The minimum Gasteiger partial charge on any atom is -0.256 e. The minimum absolute atomic E-state index is 1.03. The van der Waals surface area contributed by atoms with Gasteiger partial charge in [0, 0.05) is 17.0 Å². The average molecular weight is 708 g/mol. The van der Waals surface area contributed by atoms with Gasteiger partial charge in [0.25, 0.3) is 0 Å². The fourth-order valence-corrected chi connectivity index (χ4v) is 9.60. The van der Waals surface area contributed by atoms with Crippen molar-refractivity contribution < 1.29 is 0 Å². The average Bonchev–Trinajstić information content (AvgIpc) is 3.27. The highest BCUT2D eigenvalue weighted by Gasteiger charge is 2.22. The SMILES string of the molecule is c1ccc2c(c1)cc(-c1c3ccccc3c(-c3cc4ccccc4c4ccccc34)c3cc(-c4cccc5ccc6cccnc6c45)ccc13)c1ccccc12. The second-order valence-corrected chi connectivity index (χ2v) is 15.0. The van der Waals surface area contributed by atoms with Crippen LogP contribution in [0.3, 0.4) is 0 Å². The lowest BCUT2D eigenvalue weighted by Gasteiger charge is -2.22. The van der Waals surface area contributed by atoms with E-state index in [4.69, 9.17) is 4.98 Å². The predicted molar refractivity (Wildman–Crippen MR) is 241 cm³/mol. The lowest BCUT2D eigenvalue weighted by molar-refractivity contribution is 1.43. The largest absolute Gasteiger partial charge is 0.256 e. The molecule has 0 unspecified atom stereocenters. The molecule has 258 valence electrons. The van der Waals surface area contributed by atoms with E-state index < -0.39 is 0 Å². The smallest absolute Gasteiger partial charge is 0.0786 e. The van der Waals surface area contributed by atoms with Gasteiger partial charge < -0.3 is 0 Å². The van der Waals surface area contributed by atoms with Gasteiger partial charge >= 0.3 is 0 Å². The molecule has 0 atom stereocenters. The Morgan fingerprint density at radius 1 is 0.268 bits per heavy atom. The van der Waals surface area contributed by atoms with Crippen LogP contribution >= 0.6 is 0 Å². The third-order valence-electron chi connectivity index (χ3n) is 12.0. The molecule has 12 aromatic rings. The monoisotopic (exact) mass is 707 g/mol. The van der Waals surface area contributed by atoms with Gasteiger partial charge in [-0.1, -0.05) is 170 Å². The van der Waals surface area contributed by atoms with Gasteiger partial charge in [-0.3, -0.25) is 4.98 Å². The van der Waals surface area contributed by atoms with E-state index in [0.29, 0.717) is 0 Å². The molecule has 0 spiro atoms. The zero-order chi connectivity index (χ0) is 36.7. The number of hydrogen-bond donors (Lipinski definition) is 0. The summed E-state index contributed by atoms with van der Waals surface area (Å²) in [4.78, 5) is 4.93. The van der Waals surface area contributed by atoms with E-state index in [-0.39, 0.29) is 0 Å². The fourth-order valence-electron chi connectivity index (χ4n) is 9.60. The first kappa shape index (κ1) is 31.0. The molecule has 0 fully saturated rings. The molecule has 56 heavy (non-hydrogen) atoms. The molecule has 1 nitrogen and oxygen atoms in total. The number of rotatable bonds is 3. The van der Waals surface area contributed by atoms with Crippen molar-refractivity contribution in [3.8, 4) is 33.4 Å². The summed E-state index contributed by atoms with van der Waals surface area (Å²) in [5, 5.41) is 18.6. The van der Waals surface area contributed by atoms with Gasteiger partial charge in [0.15, 0.2) is 0 Å². The van der Waals surface area contributed by atoms with Crippen LogP contribution in [0.5, 0.6) is 0 Å². The van der Waals surface area contributed by atoms with Crippen LogP contribution < -0.4 is 0 Å². The maximum absolute atomic E-state index is 4.93. The van der Waals surface area contributed by atoms with E-state index in [1.807, 2.05) is 12.3 Å². The second kappa shape index (κ2) is 12.1. The van der Waals surface area contributed by atoms with Crippen LogP contribution in [0.2, 0.25) is 0 Å². The molecule has 11 aromatic carbocycles. The predicted octanol–water partition coefficient (Wildman–Crippen LogP) is 15.3. The first-order chi connectivity index (χ1) is 27.8. The number of aromatic nitrogens is 1. The molecule has 0 amide bonds. The molecule has 1 heteroatoms. The van der Waals surface area contributed by atoms with E-state index in [0.717, 1.165) is 10.9 Å². The summed E-state index contributed by atoms with van der Waals surface area (Å²) >= 11 is 0. The lowest BCUT2D eigenvalue weighted by atomic mass is 9.81. The van der Waals surface area contributed by atoms with Crippen molar-refractivity contribution in [1.82, 2.24) is 4.98 Å². The Balaban J connectivity index is 1.28. The number of pyridine rings is 1. The van der Waals surface area contributed by atoms with Crippen molar-refractivity contribution in [2.75, 3.05) is 0 Å². The van der Waals surface area contributed by atoms with Gasteiger partial charge in [0.1, 0.15) is 0 Å². The second-order valence-electron chi connectivity index (χ2n) is 15.0. The van der Waals surface area contributed by atoms with Crippen molar-refractivity contribution in [2.45, 2.75) is 0 Å². The summed E-state index contributed by atoms with van der Waals surface area (Å²) in [7, 11) is 0. The number of fused-ring (bicyclic) bond motifs is 11. The lowest BCUT2D eigenvalue weighted by Crippen LogP contribution is -1.94. The van der Waals surface area contributed by atoms with Gasteiger partial charge in [0.2, 0.25) is 0 Å². The van der Waals surface area contributed by atoms with Crippen LogP contribution in [0.15, 0.2) is 200 Å². The standard InChI is InChI=1S/C55H33N/c1-3-17-39-36(13-1)31-49(44-21-7-5-19-42(39)44)53-46-23-9-10-24-47(46)54(50-32-37-14-2-4-18-40(37)43-20-6-8-22-45(43)50)51-33-38(28-29-48(51)53)41-25-11-15-34-26-27-35-16-12-30-56-55(35)52(34)41/h1-33H. The van der Waals surface area contributed by atoms with Gasteiger partial charge in [-0.2, -0.15) is 0 Å². The normalized spacial score (nSPS) is 11.9. The summed E-state index contributed by atoms with van der Waals surface area (Å²) in [6.07, 6.45) is 1.91. The van der Waals surface area contributed by atoms with E-state index in [9.17, 15) is 0 Å². The Bertz CT molecular complexity index is 3590. The molecule has 0 N–H and O–H groups in total. The van der Waals surface area contributed by atoms with Crippen molar-refractivity contribution in [2.24, 2.45) is 0 Å². The molecule has 0 bridgehead atoms. The van der Waals surface area contributed by atoms with Crippen LogP contribution in [0, 0.1) is 0 Å². The first-order valence-electron chi connectivity index (χ1n) is 19.4. The number of nitrogens with zero attached hydrogens (tertiary/aromatic N) is 1. The Hall–Kier alpha value is -7.35. The topological polar surface area (TPSA) is 12.9 Å². The maximum Gasteiger partial charge on any atom is 0.0786 e. The minimum atomic E-state index is 1.03. The molecule has 0 aliphatic rings. The Morgan fingerprint density at radius 3 is 1.39 bits per heavy atom. The Labute approximate surface area is 323 Å². The van der Waals surface area contributed by atoms with Crippen LogP contribution in [-0.4, -0.2) is 4.98 Å². The van der Waals surface area contributed by atoms with Crippen molar-refractivity contribution in [3.05, 3.63) is 200 Å². The summed E-state index contributed by atoms with van der Waals surface area (Å²) in [6.45, 7) is 0. The van der Waals surface area contributed by atoms with Crippen LogP contribution in [0.4, 0.5) is 0 Å². The number of hydrogen-bond acceptors (Lipinski definition) is 1. The van der Waals surface area contributed by atoms with Crippen LogP contribution in [-0.2, 0) is 0 Å². The van der Waals surface area contributed by atoms with Gasteiger partial charge in [0.05, 0.1) is 5.52 Å². The zero-order valence-corrected chi connectivity index (χ0v) is 30.5. The summed E-state index contributed by atoms with van der Waals surface area (Å²) in [5.41, 5.74) is 8.43. The molecule has 1 heterocycles. The van der Waals surface area contributed by atoms with Gasteiger partial charge in [-0.25, -0.2) is 0 Å². The molecular weight excluding hydrogens is 675 g/mol. The molecule has 0 aliphatic carbocycles. The van der Waals surface area contributed by atoms with Gasteiger partial charge in [-0.15, -0.1) is 0 Å². The zero-order valence-electron chi connectivity index (χ0n) is 30.5. The highest BCUT2D eigenvalue weighted by atomic mass is 14.6. The van der Waals surface area contributed by atoms with Crippen LogP contribution in [0.25, 0.3) is 120 Å². The third-order valence-corrected chi connectivity index (χ3v) is 12.0. The number of benzene rings is 11. The highest BCUT2D eigenvalue weighted by Crippen LogP contribution is 2.49. The first-order valence-corrected chi connectivity index (χ1v) is 19.4. The summed E-state index contributed by atoms with van der Waals surface area (Å²) in [6, 6.07) is 71.8. The summed E-state index contributed by atoms with van der Waals surface area (Å²) in [5.74, 6) is 0. The molecular formula is C55H33N. The van der Waals surface area contributed by atoms with E-state index in [1.54, 1.807) is 0 Å². The fraction of sp³-hybridized carbons (Fsp3) is 0. The quantitative estimate of drug-likeness (QED) is 0.132. The Morgan fingerprint density at radius 2 is 0.750 bits per heavy atom. The highest BCUT2D eigenvalue weighted by molar-refractivity contribution is 6.29.